The lowest BCUT2D eigenvalue weighted by atomic mass is 10.1. The first-order valence-electron chi connectivity index (χ1n) is 12.7. The van der Waals surface area contributed by atoms with Gasteiger partial charge in [-0.3, -0.25) is 13.7 Å². The first-order chi connectivity index (χ1) is 20.9. The number of nitrogens with zero attached hydrogens (tertiary/aromatic N) is 4. The lowest BCUT2D eigenvalue weighted by molar-refractivity contribution is 0.481. The van der Waals surface area contributed by atoms with Gasteiger partial charge in [-0.15, -0.1) is 15.3 Å². The van der Waals surface area contributed by atoms with E-state index < -0.39 is 50.7 Å². The van der Waals surface area contributed by atoms with Gasteiger partial charge in [-0.25, -0.2) is 0 Å². The second-order valence-corrected chi connectivity index (χ2v) is 14.2. The van der Waals surface area contributed by atoms with Crippen LogP contribution in [0.1, 0.15) is 11.1 Å². The lowest BCUT2D eigenvalue weighted by Crippen LogP contribution is -2.02. The van der Waals surface area contributed by atoms with Gasteiger partial charge in [0, 0.05) is 21.8 Å². The molecule has 5 aromatic carbocycles. The third kappa shape index (κ3) is 6.72. The Morgan fingerprint density at radius 1 is 0.533 bits per heavy atom. The third-order valence-electron chi connectivity index (χ3n) is 6.69. The molecule has 0 heterocycles. The fraction of sp³-hybridized carbons (Fsp3) is 0.0714. The SMILES string of the molecule is Cc1cc(S(=O)(=O)O)c2cc(N=Nc3ccc(N=Nc4ccc(N)cc4C)c4cc(S(=O)(=O)O)ccc34)c(S(=O)(=O)O)cc2c1. The monoisotopic (exact) mass is 669 g/mol. The minimum atomic E-state index is -4.90. The molecule has 0 aromatic heterocycles. The maximum atomic E-state index is 12.3. The van der Waals surface area contributed by atoms with Crippen molar-refractivity contribution in [3.05, 3.63) is 83.9 Å². The van der Waals surface area contributed by atoms with Crippen molar-refractivity contribution in [2.45, 2.75) is 28.5 Å². The van der Waals surface area contributed by atoms with Crippen LogP contribution in [0.5, 0.6) is 0 Å². The molecular weight excluding hydrogens is 647 g/mol. The minimum Gasteiger partial charge on any atom is -0.399 e. The Kier molecular flexibility index (Phi) is 8.02. The average molecular weight is 670 g/mol. The molecule has 0 atom stereocenters. The van der Waals surface area contributed by atoms with E-state index in [1.165, 1.54) is 37.3 Å². The summed E-state index contributed by atoms with van der Waals surface area (Å²) in [5.74, 6) is 0. The zero-order valence-corrected chi connectivity index (χ0v) is 25.8. The average Bonchev–Trinajstić information content (AvgIpc) is 2.93. The van der Waals surface area contributed by atoms with E-state index in [4.69, 9.17) is 5.73 Å². The molecule has 0 spiro atoms. The number of nitrogens with two attached hydrogens (primary N) is 1. The lowest BCUT2D eigenvalue weighted by Gasteiger charge is -2.10. The first kappa shape index (κ1) is 31.8. The Morgan fingerprint density at radius 2 is 1.11 bits per heavy atom. The number of aryl methyl sites for hydroxylation is 2. The standard InChI is InChI=1S/C28H23N5O9S3/c1-15-9-17-12-28(45(40,41)42)26(14-21(17)27(10-15)44(37,38)39)33-31-24-7-8-25(32-30-23-6-3-18(29)11-16(23)2)22-13-19(43(34,35)36)4-5-20(22)24/h3-14H,29H2,1-2H3,(H,34,35,36)(H,37,38,39)(H,40,41,42). The molecular formula is C28H23N5O9S3. The van der Waals surface area contributed by atoms with Gasteiger partial charge in [0.15, 0.2) is 0 Å². The van der Waals surface area contributed by atoms with Crippen molar-refractivity contribution in [3.8, 4) is 0 Å². The largest absolute Gasteiger partial charge is 0.399 e. The van der Waals surface area contributed by atoms with Crippen molar-refractivity contribution in [3.63, 3.8) is 0 Å². The number of azo groups is 2. The molecule has 0 fully saturated rings. The molecule has 0 unspecified atom stereocenters. The van der Waals surface area contributed by atoms with Crippen molar-refractivity contribution >= 4 is 80.3 Å². The van der Waals surface area contributed by atoms with Crippen LogP contribution in [0.25, 0.3) is 21.5 Å². The van der Waals surface area contributed by atoms with E-state index in [9.17, 15) is 38.9 Å². The van der Waals surface area contributed by atoms with E-state index in [1.807, 2.05) is 0 Å². The van der Waals surface area contributed by atoms with Gasteiger partial charge in [-0.2, -0.15) is 30.4 Å². The Labute approximate surface area is 257 Å². The number of hydrogen-bond donors (Lipinski definition) is 4. The van der Waals surface area contributed by atoms with Crippen LogP contribution in [-0.2, 0) is 30.4 Å². The van der Waals surface area contributed by atoms with Gasteiger partial charge >= 0.3 is 0 Å². The van der Waals surface area contributed by atoms with Crippen molar-refractivity contribution in [1.29, 1.82) is 0 Å². The number of fused-ring (bicyclic) bond motifs is 2. The number of rotatable bonds is 7. The number of hydrogen-bond acceptors (Lipinski definition) is 11. The summed E-state index contributed by atoms with van der Waals surface area (Å²) in [4.78, 5) is -1.64. The molecule has 5 aromatic rings. The molecule has 0 radical (unpaired) electrons. The summed E-state index contributed by atoms with van der Waals surface area (Å²) >= 11 is 0. The molecule has 0 aliphatic heterocycles. The van der Waals surface area contributed by atoms with Crippen LogP contribution >= 0.6 is 0 Å². The Bertz CT molecular complexity index is 2440. The van der Waals surface area contributed by atoms with Crippen molar-refractivity contribution in [2.24, 2.45) is 20.5 Å². The van der Waals surface area contributed by atoms with Gasteiger partial charge in [-0.1, -0.05) is 12.1 Å². The van der Waals surface area contributed by atoms with Crippen LogP contribution in [-0.4, -0.2) is 38.9 Å². The van der Waals surface area contributed by atoms with Gasteiger partial charge in [-0.05, 0) is 91.0 Å². The van der Waals surface area contributed by atoms with E-state index in [-0.39, 0.29) is 32.9 Å². The molecule has 232 valence electrons. The van der Waals surface area contributed by atoms with Crippen molar-refractivity contribution < 1.29 is 38.9 Å². The molecule has 0 aliphatic rings. The number of benzene rings is 5. The predicted molar refractivity (Wildman–Crippen MR) is 166 cm³/mol. The van der Waals surface area contributed by atoms with Crippen LogP contribution in [0.4, 0.5) is 28.4 Å². The molecule has 0 amide bonds. The summed E-state index contributed by atoms with van der Waals surface area (Å²) < 4.78 is 102. The zero-order valence-electron chi connectivity index (χ0n) is 23.3. The Morgan fingerprint density at radius 3 is 1.71 bits per heavy atom. The fourth-order valence-corrected chi connectivity index (χ4v) is 6.56. The van der Waals surface area contributed by atoms with E-state index in [1.54, 1.807) is 25.1 Å². The van der Waals surface area contributed by atoms with E-state index in [0.717, 1.165) is 29.8 Å². The third-order valence-corrected chi connectivity index (χ3v) is 9.31. The van der Waals surface area contributed by atoms with E-state index >= 15 is 0 Å². The molecule has 17 heteroatoms. The fourth-order valence-electron chi connectivity index (χ4n) is 4.62. The normalized spacial score (nSPS) is 13.0. The molecule has 0 saturated heterocycles. The Balaban J connectivity index is 1.71. The van der Waals surface area contributed by atoms with Crippen LogP contribution in [0.3, 0.4) is 0 Å². The number of anilines is 1. The summed E-state index contributed by atoms with van der Waals surface area (Å²) in [6.07, 6.45) is 0. The maximum absolute atomic E-state index is 12.3. The van der Waals surface area contributed by atoms with Gasteiger partial charge in [0.2, 0.25) is 0 Å². The van der Waals surface area contributed by atoms with Gasteiger partial charge in [0.1, 0.15) is 15.5 Å². The van der Waals surface area contributed by atoms with Crippen LogP contribution in [0.15, 0.2) is 108 Å². The Hall–Kier alpha value is -4.65. The maximum Gasteiger partial charge on any atom is 0.296 e. The summed E-state index contributed by atoms with van der Waals surface area (Å²) in [6.45, 7) is 3.31. The second-order valence-electron chi connectivity index (χ2n) is 9.99. The van der Waals surface area contributed by atoms with Crippen LogP contribution in [0.2, 0.25) is 0 Å². The quantitative estimate of drug-likeness (QED) is 0.0806. The molecule has 0 saturated carbocycles. The highest BCUT2D eigenvalue weighted by Crippen LogP contribution is 2.39. The highest BCUT2D eigenvalue weighted by atomic mass is 32.2. The minimum absolute atomic E-state index is 0.0785. The first-order valence-corrected chi connectivity index (χ1v) is 17.0. The molecule has 5 N–H and O–H groups in total. The molecule has 45 heavy (non-hydrogen) atoms. The zero-order chi connectivity index (χ0) is 32.9. The van der Waals surface area contributed by atoms with E-state index in [0.29, 0.717) is 16.9 Å². The summed E-state index contributed by atoms with van der Waals surface area (Å²) in [7, 11) is -14.3. The van der Waals surface area contributed by atoms with Gasteiger partial charge < -0.3 is 5.73 Å². The summed E-state index contributed by atoms with van der Waals surface area (Å²) in [5, 5.41) is 17.0. The predicted octanol–water partition coefficient (Wildman–Crippen LogP) is 6.76. The summed E-state index contributed by atoms with van der Waals surface area (Å²) in [6, 6.07) is 16.1. The molecule has 5 rings (SSSR count). The van der Waals surface area contributed by atoms with E-state index in [2.05, 4.69) is 20.5 Å². The highest BCUT2D eigenvalue weighted by Gasteiger charge is 2.22. The smallest absolute Gasteiger partial charge is 0.296 e. The topological polar surface area (TPSA) is 239 Å². The highest BCUT2D eigenvalue weighted by molar-refractivity contribution is 7.86. The molecule has 0 bridgehead atoms. The van der Waals surface area contributed by atoms with Crippen molar-refractivity contribution in [2.75, 3.05) is 5.73 Å². The van der Waals surface area contributed by atoms with Gasteiger partial charge in [0.05, 0.1) is 22.0 Å². The number of nitrogen functional groups attached to an aromatic ring is 1. The van der Waals surface area contributed by atoms with Crippen LogP contribution < -0.4 is 5.73 Å². The molecule has 14 nitrogen and oxygen atoms in total. The van der Waals surface area contributed by atoms with Crippen molar-refractivity contribution in [1.82, 2.24) is 0 Å². The van der Waals surface area contributed by atoms with Crippen LogP contribution in [0, 0.1) is 13.8 Å². The van der Waals surface area contributed by atoms with Gasteiger partial charge in [0.25, 0.3) is 30.4 Å². The molecule has 0 aliphatic carbocycles. The second kappa shape index (κ2) is 11.4. The summed E-state index contributed by atoms with van der Waals surface area (Å²) in [5.41, 5.74) is 7.73.